The number of carbonyl (C=O) groups excluding carboxylic acids is 4. The number of hydrogen-bond donors (Lipinski definition) is 3. The number of furan rings is 1. The number of benzene rings is 3. The Morgan fingerprint density at radius 3 is 2.46 bits per heavy atom. The lowest BCUT2D eigenvalue weighted by Gasteiger charge is -2.27. The molecule has 2 aromatic heterocycles. The minimum Gasteiger partial charge on any atom is -0.465 e. The summed E-state index contributed by atoms with van der Waals surface area (Å²) in [6.07, 6.45) is 3.60. The molecule has 3 amide bonds. The molecule has 12 heteroatoms. The Morgan fingerprint density at radius 1 is 0.940 bits per heavy atom. The van der Waals surface area contributed by atoms with Crippen molar-refractivity contribution in [3.8, 4) is 0 Å². The summed E-state index contributed by atoms with van der Waals surface area (Å²) in [5.74, 6) is -1.28. The molecular formula is C38H34N4O6S2. The first-order valence-corrected chi connectivity index (χ1v) is 17.6. The van der Waals surface area contributed by atoms with Gasteiger partial charge in [-0.05, 0) is 60.0 Å². The van der Waals surface area contributed by atoms with Crippen LogP contribution in [-0.4, -0.2) is 48.0 Å². The maximum Gasteiger partial charge on any atom is 0.341 e. The average Bonchev–Trinajstić information content (AvgIpc) is 3.78. The minimum atomic E-state index is -0.551. The fraction of sp³-hybridized carbons (Fsp3) is 0.158. The molecule has 3 N–H and O–H groups in total. The normalized spacial score (nSPS) is 12.9. The first-order chi connectivity index (χ1) is 24.4. The van der Waals surface area contributed by atoms with Crippen molar-refractivity contribution in [2.45, 2.75) is 24.4 Å². The fourth-order valence-electron chi connectivity index (χ4n) is 5.47. The number of methoxy groups -OCH3 is 1. The van der Waals surface area contributed by atoms with Crippen molar-refractivity contribution in [2.75, 3.05) is 30.0 Å². The third kappa shape index (κ3) is 8.77. The monoisotopic (exact) mass is 706 g/mol. The standard InChI is InChI=1S/C38H34N4O6S2/c1-47-38(46)34-30-17-18-42(22-25-10-4-2-5-11-25)23-32(30)50-37(34)41-33(43)24-49-29-16-8-14-27(20-29)39-36(45)31(21-28-15-9-19-48-28)40-35(44)26-12-6-3-7-13-26/h2-16,19-21H,17-18,22-24H2,1H3,(H,39,45)(H,40,44)(H,41,43)/b31-21-. The number of thiophene rings is 1. The van der Waals surface area contributed by atoms with Gasteiger partial charge in [-0.25, -0.2) is 4.79 Å². The fourth-order valence-corrected chi connectivity index (χ4v) is 7.52. The number of nitrogens with zero attached hydrogens (tertiary/aromatic N) is 1. The van der Waals surface area contributed by atoms with Crippen LogP contribution in [-0.2, 0) is 33.8 Å². The van der Waals surface area contributed by atoms with E-state index in [1.165, 1.54) is 48.1 Å². The predicted octanol–water partition coefficient (Wildman–Crippen LogP) is 6.83. The molecule has 50 heavy (non-hydrogen) atoms. The summed E-state index contributed by atoms with van der Waals surface area (Å²) in [6, 6.07) is 29.2. The topological polar surface area (TPSA) is 130 Å². The Morgan fingerprint density at radius 2 is 1.72 bits per heavy atom. The zero-order valence-corrected chi connectivity index (χ0v) is 28.8. The van der Waals surface area contributed by atoms with Crippen LogP contribution in [0.15, 0.2) is 118 Å². The molecule has 10 nitrogen and oxygen atoms in total. The lowest BCUT2D eigenvalue weighted by atomic mass is 10.0. The highest BCUT2D eigenvalue weighted by Crippen LogP contribution is 2.38. The van der Waals surface area contributed by atoms with Crippen molar-refractivity contribution in [3.63, 3.8) is 0 Å². The van der Waals surface area contributed by atoms with E-state index in [0.29, 0.717) is 40.5 Å². The highest BCUT2D eigenvalue weighted by atomic mass is 32.2. The van der Waals surface area contributed by atoms with E-state index in [1.807, 2.05) is 24.3 Å². The van der Waals surface area contributed by atoms with Gasteiger partial charge in [-0.1, -0.05) is 54.6 Å². The molecule has 254 valence electrons. The molecule has 0 spiro atoms. The number of esters is 1. The highest BCUT2D eigenvalue weighted by molar-refractivity contribution is 8.00. The summed E-state index contributed by atoms with van der Waals surface area (Å²) in [4.78, 5) is 56.3. The molecule has 0 radical (unpaired) electrons. The molecule has 3 heterocycles. The van der Waals surface area contributed by atoms with Crippen LogP contribution in [0.1, 0.15) is 42.5 Å². The van der Waals surface area contributed by atoms with Gasteiger partial charge >= 0.3 is 5.97 Å². The molecule has 3 aromatic carbocycles. The molecule has 5 aromatic rings. The largest absolute Gasteiger partial charge is 0.465 e. The van der Waals surface area contributed by atoms with Crippen LogP contribution in [0.4, 0.5) is 10.7 Å². The van der Waals surface area contributed by atoms with Gasteiger partial charge in [0, 0.05) is 46.7 Å². The van der Waals surface area contributed by atoms with Crippen LogP contribution >= 0.6 is 23.1 Å². The van der Waals surface area contributed by atoms with Crippen molar-refractivity contribution >= 4 is 63.6 Å². The number of anilines is 2. The molecule has 0 aliphatic carbocycles. The quantitative estimate of drug-likeness (QED) is 0.0732. The molecule has 1 aliphatic rings. The second-order valence-electron chi connectivity index (χ2n) is 11.4. The van der Waals surface area contributed by atoms with Crippen LogP contribution in [0.3, 0.4) is 0 Å². The number of amides is 3. The number of hydrogen-bond acceptors (Lipinski definition) is 9. The van der Waals surface area contributed by atoms with Crippen molar-refractivity contribution in [3.05, 3.63) is 142 Å². The second kappa shape index (κ2) is 16.3. The number of nitrogens with one attached hydrogen (secondary N) is 3. The maximum absolute atomic E-state index is 13.3. The molecular weight excluding hydrogens is 673 g/mol. The minimum absolute atomic E-state index is 0.00511. The van der Waals surface area contributed by atoms with E-state index in [4.69, 9.17) is 9.15 Å². The van der Waals surface area contributed by atoms with Crippen LogP contribution in [0.2, 0.25) is 0 Å². The summed E-state index contributed by atoms with van der Waals surface area (Å²) in [7, 11) is 1.34. The molecule has 0 fully saturated rings. The van der Waals surface area contributed by atoms with Crippen LogP contribution in [0.25, 0.3) is 6.08 Å². The lowest BCUT2D eigenvalue weighted by Crippen LogP contribution is -2.30. The molecule has 1 aliphatic heterocycles. The first-order valence-electron chi connectivity index (χ1n) is 15.8. The average molecular weight is 707 g/mol. The van der Waals surface area contributed by atoms with E-state index in [2.05, 4.69) is 33.0 Å². The smallest absolute Gasteiger partial charge is 0.341 e. The molecule has 6 rings (SSSR count). The van der Waals surface area contributed by atoms with Gasteiger partial charge < -0.3 is 25.1 Å². The van der Waals surface area contributed by atoms with Gasteiger partial charge in [0.05, 0.1) is 24.7 Å². The zero-order chi connectivity index (χ0) is 34.9. The van der Waals surface area contributed by atoms with Gasteiger partial charge in [-0.2, -0.15) is 0 Å². The van der Waals surface area contributed by atoms with E-state index in [9.17, 15) is 19.2 Å². The lowest BCUT2D eigenvalue weighted by molar-refractivity contribution is -0.114. The third-order valence-corrected chi connectivity index (χ3v) is 9.97. The number of rotatable bonds is 12. The molecule has 0 saturated carbocycles. The number of fused-ring (bicyclic) bond motifs is 1. The molecule has 0 bridgehead atoms. The van der Waals surface area contributed by atoms with Gasteiger partial charge in [-0.3, -0.25) is 19.3 Å². The second-order valence-corrected chi connectivity index (χ2v) is 13.5. The summed E-state index contributed by atoms with van der Waals surface area (Å²) < 4.78 is 10.5. The van der Waals surface area contributed by atoms with Gasteiger partial charge in [0.1, 0.15) is 16.5 Å². The number of ether oxygens (including phenoxy) is 1. The Bertz CT molecular complexity index is 2010. The van der Waals surface area contributed by atoms with Crippen molar-refractivity contribution in [2.24, 2.45) is 0 Å². The SMILES string of the molecule is COC(=O)c1c(NC(=O)CSc2cccc(NC(=O)/C(=C/c3ccco3)NC(=O)c3ccccc3)c2)sc2c1CCN(Cc1ccccc1)C2. The van der Waals surface area contributed by atoms with Crippen LogP contribution in [0, 0.1) is 0 Å². The highest BCUT2D eigenvalue weighted by Gasteiger charge is 2.29. The van der Waals surface area contributed by atoms with Crippen LogP contribution in [0.5, 0.6) is 0 Å². The van der Waals surface area contributed by atoms with E-state index in [1.54, 1.807) is 60.7 Å². The van der Waals surface area contributed by atoms with Gasteiger partial charge in [0.2, 0.25) is 5.91 Å². The van der Waals surface area contributed by atoms with E-state index < -0.39 is 17.8 Å². The summed E-state index contributed by atoms with van der Waals surface area (Å²) >= 11 is 2.70. The molecule has 0 atom stereocenters. The van der Waals surface area contributed by atoms with Crippen molar-refractivity contribution < 1.29 is 28.3 Å². The summed E-state index contributed by atoms with van der Waals surface area (Å²) in [5.41, 5.74) is 3.43. The zero-order valence-electron chi connectivity index (χ0n) is 27.1. The van der Waals surface area contributed by atoms with E-state index in [0.717, 1.165) is 28.4 Å². The van der Waals surface area contributed by atoms with Crippen LogP contribution < -0.4 is 16.0 Å². The number of thioether (sulfide) groups is 1. The molecule has 0 unspecified atom stereocenters. The Kier molecular flexibility index (Phi) is 11.2. The van der Waals surface area contributed by atoms with Crippen molar-refractivity contribution in [1.82, 2.24) is 10.2 Å². The Hall–Kier alpha value is -5.43. The Labute approximate surface area is 297 Å². The Balaban J connectivity index is 1.09. The third-order valence-electron chi connectivity index (χ3n) is 7.85. The van der Waals surface area contributed by atoms with E-state index in [-0.39, 0.29) is 17.4 Å². The van der Waals surface area contributed by atoms with E-state index >= 15 is 0 Å². The van der Waals surface area contributed by atoms with Crippen molar-refractivity contribution in [1.29, 1.82) is 0 Å². The summed E-state index contributed by atoms with van der Waals surface area (Å²) in [6.45, 7) is 2.27. The predicted molar refractivity (Wildman–Crippen MR) is 195 cm³/mol. The van der Waals surface area contributed by atoms with Gasteiger partial charge in [0.25, 0.3) is 11.8 Å². The maximum atomic E-state index is 13.3. The van der Waals surface area contributed by atoms with Gasteiger partial charge in [0.15, 0.2) is 0 Å². The first kappa shape index (κ1) is 34.4. The summed E-state index contributed by atoms with van der Waals surface area (Å²) in [5, 5.41) is 8.93. The molecule has 0 saturated heterocycles. The van der Waals surface area contributed by atoms with Gasteiger partial charge in [-0.15, -0.1) is 23.1 Å². The number of carbonyl (C=O) groups is 4.